The first-order valence-electron chi connectivity index (χ1n) is 5.74. The maximum Gasteiger partial charge on any atom is 0.0109 e. The minimum absolute atomic E-state index is 0.710. The van der Waals surface area contributed by atoms with E-state index in [9.17, 15) is 0 Å². The molecule has 0 aromatic heterocycles. The van der Waals surface area contributed by atoms with E-state index in [-0.39, 0.29) is 0 Å². The highest BCUT2D eigenvalue weighted by Crippen LogP contribution is 2.07. The van der Waals surface area contributed by atoms with E-state index in [1.165, 1.54) is 45.6 Å². The fourth-order valence-corrected chi connectivity index (χ4v) is 2.11. The van der Waals surface area contributed by atoms with Crippen molar-refractivity contribution in [3.8, 4) is 0 Å². The Balaban J connectivity index is 2.04. The lowest BCUT2D eigenvalue weighted by Gasteiger charge is -2.23. The van der Waals surface area contributed by atoms with Gasteiger partial charge >= 0.3 is 0 Å². The molecule has 1 heterocycles. The summed E-state index contributed by atoms with van der Waals surface area (Å²) in [5, 5.41) is 0. The monoisotopic (exact) mass is 216 g/mol. The van der Waals surface area contributed by atoms with Crippen LogP contribution < -0.4 is 0 Å². The number of hydrogen-bond acceptors (Lipinski definition) is 3. The summed E-state index contributed by atoms with van der Waals surface area (Å²) in [5.74, 6) is 1.70. The molecule has 0 saturated carbocycles. The maximum absolute atomic E-state index is 4.31. The molecule has 0 aromatic rings. The molecule has 0 aromatic carbocycles. The summed E-state index contributed by atoms with van der Waals surface area (Å²) in [6.07, 6.45) is 2.80. The van der Waals surface area contributed by atoms with Crippen LogP contribution >= 0.6 is 12.6 Å². The van der Waals surface area contributed by atoms with Crippen molar-refractivity contribution in [2.45, 2.75) is 19.8 Å². The van der Waals surface area contributed by atoms with Crippen LogP contribution in [-0.4, -0.2) is 55.3 Å². The van der Waals surface area contributed by atoms with E-state index < -0.39 is 0 Å². The zero-order valence-corrected chi connectivity index (χ0v) is 10.5. The van der Waals surface area contributed by atoms with Crippen molar-refractivity contribution in [1.82, 2.24) is 9.80 Å². The second-order valence-electron chi connectivity index (χ2n) is 4.60. The number of likely N-dealkylation sites (N-methyl/N-ethyl adjacent to an activating group) is 1. The van der Waals surface area contributed by atoms with E-state index in [2.05, 4.69) is 36.4 Å². The molecule has 1 aliphatic rings. The van der Waals surface area contributed by atoms with E-state index in [0.717, 1.165) is 5.75 Å². The van der Waals surface area contributed by atoms with Crippen LogP contribution in [0.2, 0.25) is 0 Å². The van der Waals surface area contributed by atoms with Crippen molar-refractivity contribution >= 4 is 12.6 Å². The first kappa shape index (κ1) is 12.3. The third-order valence-electron chi connectivity index (χ3n) is 2.93. The van der Waals surface area contributed by atoms with E-state index in [1.807, 2.05) is 0 Å². The Hall–Kier alpha value is 0.270. The van der Waals surface area contributed by atoms with Crippen LogP contribution in [0.1, 0.15) is 19.8 Å². The summed E-state index contributed by atoms with van der Waals surface area (Å²) in [5.41, 5.74) is 0. The van der Waals surface area contributed by atoms with E-state index >= 15 is 0 Å². The van der Waals surface area contributed by atoms with Crippen LogP contribution in [0.25, 0.3) is 0 Å². The Morgan fingerprint density at radius 3 is 2.57 bits per heavy atom. The van der Waals surface area contributed by atoms with Gasteiger partial charge in [0.2, 0.25) is 0 Å². The molecule has 0 spiro atoms. The normalized spacial score (nSPS) is 20.6. The quantitative estimate of drug-likeness (QED) is 0.674. The smallest absolute Gasteiger partial charge is 0.0109 e. The summed E-state index contributed by atoms with van der Waals surface area (Å²) >= 11 is 4.31. The maximum atomic E-state index is 4.31. The second-order valence-corrected chi connectivity index (χ2v) is 4.96. The molecule has 0 radical (unpaired) electrons. The van der Waals surface area contributed by atoms with Gasteiger partial charge in [-0.25, -0.2) is 0 Å². The van der Waals surface area contributed by atoms with E-state index in [0.29, 0.717) is 5.92 Å². The molecule has 0 aliphatic carbocycles. The molecular formula is C11H24N2S. The van der Waals surface area contributed by atoms with Crippen molar-refractivity contribution in [3.63, 3.8) is 0 Å². The fraction of sp³-hybridized carbons (Fsp3) is 1.00. The van der Waals surface area contributed by atoms with Gasteiger partial charge in [-0.2, -0.15) is 12.6 Å². The minimum Gasteiger partial charge on any atom is -0.305 e. The largest absolute Gasteiger partial charge is 0.305 e. The Labute approximate surface area is 94.1 Å². The van der Waals surface area contributed by atoms with Crippen molar-refractivity contribution in [1.29, 1.82) is 0 Å². The lowest BCUT2D eigenvalue weighted by Crippen LogP contribution is -2.34. The number of likely N-dealkylation sites (tertiary alicyclic amines) is 1. The molecule has 14 heavy (non-hydrogen) atoms. The molecule has 2 nitrogen and oxygen atoms in total. The molecule has 1 rings (SSSR count). The van der Waals surface area contributed by atoms with Gasteiger partial charge in [-0.3, -0.25) is 0 Å². The molecular weight excluding hydrogens is 192 g/mol. The molecule has 1 unspecified atom stereocenters. The summed E-state index contributed by atoms with van der Waals surface area (Å²) in [6, 6.07) is 0. The van der Waals surface area contributed by atoms with Gasteiger partial charge in [-0.15, -0.1) is 0 Å². The third kappa shape index (κ3) is 4.67. The Morgan fingerprint density at radius 2 is 2.00 bits per heavy atom. The molecule has 1 atom stereocenters. The minimum atomic E-state index is 0.710. The molecule has 1 aliphatic heterocycles. The van der Waals surface area contributed by atoms with E-state index in [1.54, 1.807) is 0 Å². The molecule has 0 N–H and O–H groups in total. The fourth-order valence-electron chi connectivity index (χ4n) is 2.00. The summed E-state index contributed by atoms with van der Waals surface area (Å²) in [7, 11) is 2.22. The van der Waals surface area contributed by atoms with Crippen LogP contribution in [0.15, 0.2) is 0 Å². The van der Waals surface area contributed by atoms with Gasteiger partial charge in [-0.05, 0) is 44.6 Å². The van der Waals surface area contributed by atoms with Crippen LogP contribution in [0.4, 0.5) is 0 Å². The van der Waals surface area contributed by atoms with Gasteiger partial charge < -0.3 is 9.80 Å². The standard InChI is InChI=1S/C11H24N2S/c1-11(10-14)9-12(2)7-8-13-5-3-4-6-13/h11,14H,3-10H2,1-2H3. The van der Waals surface area contributed by atoms with Crippen molar-refractivity contribution in [2.75, 3.05) is 45.5 Å². The number of thiol groups is 1. The van der Waals surface area contributed by atoms with Gasteiger partial charge in [0.25, 0.3) is 0 Å². The first-order chi connectivity index (χ1) is 6.72. The number of nitrogens with zero attached hydrogens (tertiary/aromatic N) is 2. The zero-order valence-electron chi connectivity index (χ0n) is 9.58. The molecule has 1 saturated heterocycles. The number of rotatable bonds is 6. The highest BCUT2D eigenvalue weighted by Gasteiger charge is 2.12. The Morgan fingerprint density at radius 1 is 1.36 bits per heavy atom. The predicted octanol–water partition coefficient (Wildman–Crippen LogP) is 1.58. The molecule has 0 bridgehead atoms. The van der Waals surface area contributed by atoms with Gasteiger partial charge in [-0.1, -0.05) is 6.92 Å². The van der Waals surface area contributed by atoms with Gasteiger partial charge in [0.1, 0.15) is 0 Å². The van der Waals surface area contributed by atoms with E-state index in [4.69, 9.17) is 0 Å². The summed E-state index contributed by atoms with van der Waals surface area (Å²) in [6.45, 7) is 8.52. The molecule has 0 amide bonds. The Bertz CT molecular complexity index is 146. The van der Waals surface area contributed by atoms with Crippen LogP contribution in [0.3, 0.4) is 0 Å². The van der Waals surface area contributed by atoms with Gasteiger partial charge in [0, 0.05) is 19.6 Å². The summed E-state index contributed by atoms with van der Waals surface area (Å²) < 4.78 is 0. The average Bonchev–Trinajstić information content (AvgIpc) is 2.67. The predicted molar refractivity (Wildman–Crippen MR) is 66.2 cm³/mol. The second kappa shape index (κ2) is 6.70. The average molecular weight is 216 g/mol. The molecule has 1 fully saturated rings. The lowest BCUT2D eigenvalue weighted by atomic mass is 10.2. The van der Waals surface area contributed by atoms with Crippen LogP contribution in [0, 0.1) is 5.92 Å². The number of hydrogen-bond donors (Lipinski definition) is 1. The van der Waals surface area contributed by atoms with Crippen molar-refractivity contribution in [3.05, 3.63) is 0 Å². The highest BCUT2D eigenvalue weighted by atomic mass is 32.1. The Kier molecular flexibility index (Phi) is 5.90. The van der Waals surface area contributed by atoms with Gasteiger partial charge in [0.15, 0.2) is 0 Å². The van der Waals surface area contributed by atoms with Crippen molar-refractivity contribution < 1.29 is 0 Å². The molecule has 3 heteroatoms. The van der Waals surface area contributed by atoms with Crippen molar-refractivity contribution in [2.24, 2.45) is 5.92 Å². The third-order valence-corrected chi connectivity index (χ3v) is 3.55. The SMILES string of the molecule is CC(CS)CN(C)CCN1CCCC1. The zero-order chi connectivity index (χ0) is 10.4. The highest BCUT2D eigenvalue weighted by molar-refractivity contribution is 7.80. The first-order valence-corrected chi connectivity index (χ1v) is 6.37. The lowest BCUT2D eigenvalue weighted by molar-refractivity contribution is 0.241. The molecule has 84 valence electrons. The van der Waals surface area contributed by atoms with Crippen LogP contribution in [-0.2, 0) is 0 Å². The summed E-state index contributed by atoms with van der Waals surface area (Å²) in [4.78, 5) is 5.00. The van der Waals surface area contributed by atoms with Gasteiger partial charge in [0.05, 0.1) is 0 Å². The van der Waals surface area contributed by atoms with Crippen LogP contribution in [0.5, 0.6) is 0 Å². The topological polar surface area (TPSA) is 6.48 Å².